The number of halogens is 1. The number of carbonyl (C=O) groups is 2. The van der Waals surface area contributed by atoms with E-state index in [0.29, 0.717) is 10.8 Å². The molecule has 1 atom stereocenters. The molecule has 5 nitrogen and oxygen atoms in total. The van der Waals surface area contributed by atoms with Gasteiger partial charge < -0.3 is 15.0 Å². The van der Waals surface area contributed by atoms with E-state index in [9.17, 15) is 9.59 Å². The SMILES string of the molecule is CC(C)[C@H](NC(=O)COc1ccc(Cl)cc1)C(=O)N1CCCCC1. The molecular formula is C18H25ClN2O3. The molecule has 0 unspecified atom stereocenters. The lowest BCUT2D eigenvalue weighted by molar-refractivity contribution is -0.138. The van der Waals surface area contributed by atoms with E-state index >= 15 is 0 Å². The maximum Gasteiger partial charge on any atom is 0.258 e. The molecule has 2 rings (SSSR count). The molecule has 2 amide bonds. The monoisotopic (exact) mass is 352 g/mol. The predicted molar refractivity (Wildman–Crippen MR) is 94.1 cm³/mol. The maximum atomic E-state index is 12.6. The zero-order chi connectivity index (χ0) is 17.5. The van der Waals surface area contributed by atoms with Crippen LogP contribution in [0.15, 0.2) is 24.3 Å². The summed E-state index contributed by atoms with van der Waals surface area (Å²) in [6, 6.07) is 6.30. The molecule has 0 aliphatic carbocycles. The van der Waals surface area contributed by atoms with E-state index < -0.39 is 6.04 Å². The van der Waals surface area contributed by atoms with Crippen molar-refractivity contribution in [3.05, 3.63) is 29.3 Å². The van der Waals surface area contributed by atoms with Crippen LogP contribution >= 0.6 is 11.6 Å². The molecule has 0 radical (unpaired) electrons. The highest BCUT2D eigenvalue weighted by atomic mass is 35.5. The summed E-state index contributed by atoms with van der Waals surface area (Å²) in [4.78, 5) is 26.7. The molecule has 0 saturated carbocycles. The van der Waals surface area contributed by atoms with Crippen LogP contribution in [-0.4, -0.2) is 42.5 Å². The molecule has 1 aromatic rings. The normalized spacial score (nSPS) is 15.9. The molecule has 24 heavy (non-hydrogen) atoms. The van der Waals surface area contributed by atoms with Crippen LogP contribution in [-0.2, 0) is 9.59 Å². The van der Waals surface area contributed by atoms with Gasteiger partial charge in [0.2, 0.25) is 5.91 Å². The van der Waals surface area contributed by atoms with E-state index in [1.165, 1.54) is 0 Å². The van der Waals surface area contributed by atoms with Crippen molar-refractivity contribution < 1.29 is 14.3 Å². The summed E-state index contributed by atoms with van der Waals surface area (Å²) < 4.78 is 5.43. The lowest BCUT2D eigenvalue weighted by Crippen LogP contribution is -2.53. The van der Waals surface area contributed by atoms with Crippen LogP contribution in [0, 0.1) is 5.92 Å². The van der Waals surface area contributed by atoms with Crippen molar-refractivity contribution in [2.75, 3.05) is 19.7 Å². The van der Waals surface area contributed by atoms with E-state index in [0.717, 1.165) is 32.4 Å². The first-order valence-corrected chi connectivity index (χ1v) is 8.81. The summed E-state index contributed by atoms with van der Waals surface area (Å²) in [7, 11) is 0. The number of hydrogen-bond donors (Lipinski definition) is 1. The molecule has 132 valence electrons. The Balaban J connectivity index is 1.88. The third-order valence-electron chi connectivity index (χ3n) is 4.10. The Bertz CT molecular complexity index is 554. The highest BCUT2D eigenvalue weighted by Crippen LogP contribution is 2.16. The Kier molecular flexibility index (Phi) is 6.91. The molecule has 0 bridgehead atoms. The first-order chi connectivity index (χ1) is 11.5. The molecule has 1 heterocycles. The van der Waals surface area contributed by atoms with Gasteiger partial charge in [0, 0.05) is 18.1 Å². The van der Waals surface area contributed by atoms with Gasteiger partial charge in [0.05, 0.1) is 0 Å². The van der Waals surface area contributed by atoms with Crippen molar-refractivity contribution in [1.82, 2.24) is 10.2 Å². The van der Waals surface area contributed by atoms with Crippen molar-refractivity contribution in [3.8, 4) is 5.75 Å². The number of nitrogens with one attached hydrogen (secondary N) is 1. The Morgan fingerprint density at radius 1 is 1.17 bits per heavy atom. The van der Waals surface area contributed by atoms with Crippen LogP contribution in [0.5, 0.6) is 5.75 Å². The second-order valence-electron chi connectivity index (χ2n) is 6.42. The number of carbonyl (C=O) groups excluding carboxylic acids is 2. The number of benzene rings is 1. The van der Waals surface area contributed by atoms with Gasteiger partial charge in [-0.15, -0.1) is 0 Å². The number of rotatable bonds is 6. The standard InChI is InChI=1S/C18H25ClN2O3/c1-13(2)17(18(23)21-10-4-3-5-11-21)20-16(22)12-24-15-8-6-14(19)7-9-15/h6-9,13,17H,3-5,10-12H2,1-2H3,(H,20,22)/t17-/m0/s1. The molecule has 1 fully saturated rings. The minimum absolute atomic E-state index is 0.00421. The third-order valence-corrected chi connectivity index (χ3v) is 4.35. The van der Waals surface area contributed by atoms with Crippen LogP contribution in [0.4, 0.5) is 0 Å². The van der Waals surface area contributed by atoms with Crippen molar-refractivity contribution in [1.29, 1.82) is 0 Å². The molecule has 1 aliphatic rings. The fourth-order valence-electron chi connectivity index (χ4n) is 2.72. The molecule has 6 heteroatoms. The molecular weight excluding hydrogens is 328 g/mol. The van der Waals surface area contributed by atoms with E-state index in [4.69, 9.17) is 16.3 Å². The largest absolute Gasteiger partial charge is 0.484 e. The van der Waals surface area contributed by atoms with Gasteiger partial charge in [-0.2, -0.15) is 0 Å². The summed E-state index contributed by atoms with van der Waals surface area (Å²) >= 11 is 5.81. The number of ether oxygens (including phenoxy) is 1. The van der Waals surface area contributed by atoms with E-state index in [1.54, 1.807) is 24.3 Å². The predicted octanol–water partition coefficient (Wildman–Crippen LogP) is 2.87. The first-order valence-electron chi connectivity index (χ1n) is 8.44. The molecule has 1 aliphatic heterocycles. The van der Waals surface area contributed by atoms with Crippen LogP contribution in [0.25, 0.3) is 0 Å². The molecule has 1 saturated heterocycles. The van der Waals surface area contributed by atoms with Crippen LogP contribution in [0.3, 0.4) is 0 Å². The number of piperidine rings is 1. The van der Waals surface area contributed by atoms with Gasteiger partial charge in [-0.3, -0.25) is 9.59 Å². The van der Waals surface area contributed by atoms with Gasteiger partial charge in [-0.05, 0) is 49.4 Å². The van der Waals surface area contributed by atoms with Gasteiger partial charge in [-0.25, -0.2) is 0 Å². The van der Waals surface area contributed by atoms with E-state index in [2.05, 4.69) is 5.32 Å². The minimum atomic E-state index is -0.510. The quantitative estimate of drug-likeness (QED) is 0.856. The topological polar surface area (TPSA) is 58.6 Å². The molecule has 0 aromatic heterocycles. The zero-order valence-corrected chi connectivity index (χ0v) is 15.0. The Labute approximate surface area is 148 Å². The van der Waals surface area contributed by atoms with E-state index in [-0.39, 0.29) is 24.3 Å². The van der Waals surface area contributed by atoms with Gasteiger partial charge in [-0.1, -0.05) is 25.4 Å². The van der Waals surface area contributed by atoms with Crippen molar-refractivity contribution in [2.45, 2.75) is 39.2 Å². The highest BCUT2D eigenvalue weighted by Gasteiger charge is 2.29. The molecule has 0 spiro atoms. The minimum Gasteiger partial charge on any atom is -0.484 e. The smallest absolute Gasteiger partial charge is 0.258 e. The fraction of sp³-hybridized carbons (Fsp3) is 0.556. The number of hydrogen-bond acceptors (Lipinski definition) is 3. The highest BCUT2D eigenvalue weighted by molar-refractivity contribution is 6.30. The average Bonchev–Trinajstić information content (AvgIpc) is 2.59. The summed E-state index contributed by atoms with van der Waals surface area (Å²) in [5, 5.41) is 3.42. The average molecular weight is 353 g/mol. The second kappa shape index (κ2) is 8.92. The Morgan fingerprint density at radius 3 is 2.38 bits per heavy atom. The first kappa shape index (κ1) is 18.6. The van der Waals surface area contributed by atoms with Gasteiger partial charge in [0.25, 0.3) is 5.91 Å². The van der Waals surface area contributed by atoms with Crippen LogP contribution < -0.4 is 10.1 Å². The van der Waals surface area contributed by atoms with E-state index in [1.807, 2.05) is 18.7 Å². The van der Waals surface area contributed by atoms with Crippen LogP contribution in [0.2, 0.25) is 5.02 Å². The van der Waals surface area contributed by atoms with Gasteiger partial charge in [0.1, 0.15) is 11.8 Å². The Morgan fingerprint density at radius 2 is 1.79 bits per heavy atom. The summed E-state index contributed by atoms with van der Waals surface area (Å²) in [6.45, 7) is 5.30. The molecule has 1 N–H and O–H groups in total. The zero-order valence-electron chi connectivity index (χ0n) is 14.3. The lowest BCUT2D eigenvalue weighted by atomic mass is 10.0. The number of nitrogens with zero attached hydrogens (tertiary/aromatic N) is 1. The maximum absolute atomic E-state index is 12.6. The van der Waals surface area contributed by atoms with Crippen LogP contribution in [0.1, 0.15) is 33.1 Å². The van der Waals surface area contributed by atoms with Gasteiger partial charge in [0.15, 0.2) is 6.61 Å². The number of likely N-dealkylation sites (tertiary alicyclic amines) is 1. The fourth-order valence-corrected chi connectivity index (χ4v) is 2.85. The molecule has 1 aromatic carbocycles. The summed E-state index contributed by atoms with van der Waals surface area (Å²) in [5.41, 5.74) is 0. The lowest BCUT2D eigenvalue weighted by Gasteiger charge is -2.32. The van der Waals surface area contributed by atoms with Gasteiger partial charge >= 0.3 is 0 Å². The second-order valence-corrected chi connectivity index (χ2v) is 6.85. The summed E-state index contributed by atoms with van der Waals surface area (Å²) in [5.74, 6) is 0.301. The summed E-state index contributed by atoms with van der Waals surface area (Å²) in [6.07, 6.45) is 3.23. The van der Waals surface area contributed by atoms with Crippen molar-refractivity contribution in [2.24, 2.45) is 5.92 Å². The third kappa shape index (κ3) is 5.41. The number of amides is 2. The van der Waals surface area contributed by atoms with Crippen molar-refractivity contribution in [3.63, 3.8) is 0 Å². The Hall–Kier alpha value is -1.75. The van der Waals surface area contributed by atoms with Crippen molar-refractivity contribution >= 4 is 23.4 Å².